The number of nitrogens with one attached hydrogen (secondary N) is 3. The van der Waals surface area contributed by atoms with Crippen LogP contribution in [0.4, 0.5) is 0 Å². The number of H-pyrrole nitrogens is 3. The van der Waals surface area contributed by atoms with Crippen molar-refractivity contribution in [3.8, 4) is 11.5 Å². The molecule has 0 fully saturated rings. The number of aromatic amines is 3. The van der Waals surface area contributed by atoms with Crippen LogP contribution in [0.5, 0.6) is 11.5 Å². The summed E-state index contributed by atoms with van der Waals surface area (Å²) in [5.74, 6) is 1.16. The molecule has 0 aliphatic heterocycles. The van der Waals surface area contributed by atoms with Gasteiger partial charge in [0.15, 0.2) is 0 Å². The molecule has 2 aromatic heterocycles. The van der Waals surface area contributed by atoms with Crippen LogP contribution in [0, 0.1) is 0 Å². The summed E-state index contributed by atoms with van der Waals surface area (Å²) in [6.45, 7) is 0. The molecule has 29 heavy (non-hydrogen) atoms. The third-order valence-corrected chi connectivity index (χ3v) is 4.59. The van der Waals surface area contributed by atoms with E-state index in [1.165, 1.54) is 0 Å². The number of ether oxygens (including phenoxy) is 2. The third kappa shape index (κ3) is 3.70. The predicted molar refractivity (Wildman–Crippen MR) is 112 cm³/mol. The van der Waals surface area contributed by atoms with Crippen molar-refractivity contribution in [1.82, 2.24) is 15.0 Å². The highest BCUT2D eigenvalue weighted by Crippen LogP contribution is 2.22. The van der Waals surface area contributed by atoms with Crippen LogP contribution in [0.2, 0.25) is 0 Å². The molecule has 0 atom stereocenters. The van der Waals surface area contributed by atoms with Crippen LogP contribution in [0.15, 0.2) is 58.3 Å². The fraction of sp³-hybridized carbons (Fsp3) is 0.0909. The fourth-order valence-corrected chi connectivity index (χ4v) is 3.14. The lowest BCUT2D eigenvalue weighted by atomic mass is 10.1. The Morgan fingerprint density at radius 3 is 2.10 bits per heavy atom. The number of aromatic nitrogens is 3. The molecule has 146 valence electrons. The lowest BCUT2D eigenvalue weighted by Crippen LogP contribution is -2.46. The lowest BCUT2D eigenvalue weighted by molar-refractivity contribution is 0.394. The summed E-state index contributed by atoms with van der Waals surface area (Å²) in [6, 6.07) is 12.9. The topological polar surface area (TPSA) is 100.0 Å². The van der Waals surface area contributed by atoms with E-state index in [9.17, 15) is 9.59 Å². The minimum absolute atomic E-state index is 0.140. The minimum atomic E-state index is -0.405. The predicted octanol–water partition coefficient (Wildman–Crippen LogP) is 1.22. The molecule has 0 amide bonds. The quantitative estimate of drug-likeness (QED) is 0.489. The van der Waals surface area contributed by atoms with Gasteiger partial charge in [0.2, 0.25) is 0 Å². The zero-order valence-corrected chi connectivity index (χ0v) is 15.9. The van der Waals surface area contributed by atoms with Gasteiger partial charge in [-0.1, -0.05) is 18.2 Å². The van der Waals surface area contributed by atoms with Crippen LogP contribution in [-0.4, -0.2) is 29.2 Å². The van der Waals surface area contributed by atoms with Gasteiger partial charge in [-0.05, 0) is 35.9 Å². The van der Waals surface area contributed by atoms with E-state index < -0.39 is 11.1 Å². The van der Waals surface area contributed by atoms with E-state index in [0.29, 0.717) is 17.1 Å². The Balaban J connectivity index is 1.84. The normalized spacial score (nSPS) is 12.5. The molecule has 0 unspecified atom stereocenters. The van der Waals surface area contributed by atoms with Gasteiger partial charge in [-0.15, -0.1) is 0 Å². The first-order valence-electron chi connectivity index (χ1n) is 8.92. The molecule has 0 bridgehead atoms. The first-order chi connectivity index (χ1) is 14.1. The van der Waals surface area contributed by atoms with Gasteiger partial charge in [-0.25, -0.2) is 0 Å². The molecule has 2 aromatic carbocycles. The molecule has 0 aliphatic carbocycles. The van der Waals surface area contributed by atoms with Gasteiger partial charge < -0.3 is 24.4 Å². The van der Waals surface area contributed by atoms with Gasteiger partial charge in [0.1, 0.15) is 22.2 Å². The van der Waals surface area contributed by atoms with E-state index in [-0.39, 0.29) is 10.7 Å². The summed E-state index contributed by atoms with van der Waals surface area (Å²) in [6.07, 6.45) is 5.02. The van der Waals surface area contributed by atoms with Crippen molar-refractivity contribution >= 4 is 23.1 Å². The summed E-state index contributed by atoms with van der Waals surface area (Å²) in [5.41, 5.74) is 1.63. The molecule has 0 saturated carbocycles. The average Bonchev–Trinajstić information content (AvgIpc) is 3.14. The zero-order valence-electron chi connectivity index (χ0n) is 15.9. The second kappa shape index (κ2) is 7.55. The molecule has 0 radical (unpaired) electrons. The summed E-state index contributed by atoms with van der Waals surface area (Å²) in [5, 5.41) is 1.29. The Morgan fingerprint density at radius 2 is 1.45 bits per heavy atom. The molecule has 0 aliphatic rings. The molecule has 7 nitrogen and oxygen atoms in total. The molecule has 0 spiro atoms. The maximum absolute atomic E-state index is 12.6. The van der Waals surface area contributed by atoms with E-state index in [2.05, 4.69) is 15.0 Å². The molecule has 7 heteroatoms. The van der Waals surface area contributed by atoms with Crippen LogP contribution in [-0.2, 0) is 0 Å². The van der Waals surface area contributed by atoms with Crippen molar-refractivity contribution in [2.45, 2.75) is 0 Å². The number of methoxy groups -OCH3 is 2. The number of hydrogen-bond acceptors (Lipinski definition) is 4. The van der Waals surface area contributed by atoms with Crippen LogP contribution < -0.4 is 31.3 Å². The highest BCUT2D eigenvalue weighted by Gasteiger charge is 2.03. The van der Waals surface area contributed by atoms with Crippen molar-refractivity contribution < 1.29 is 9.47 Å². The maximum Gasteiger partial charge on any atom is 0.272 e. The highest BCUT2D eigenvalue weighted by atomic mass is 16.5. The van der Waals surface area contributed by atoms with Gasteiger partial charge in [0, 0.05) is 28.7 Å². The molecular formula is C22H19N3O4. The molecule has 4 rings (SSSR count). The van der Waals surface area contributed by atoms with Crippen LogP contribution in [0.3, 0.4) is 0 Å². The van der Waals surface area contributed by atoms with Gasteiger partial charge in [0.25, 0.3) is 11.1 Å². The molecule has 4 aromatic rings. The third-order valence-electron chi connectivity index (χ3n) is 4.59. The average molecular weight is 389 g/mol. The highest BCUT2D eigenvalue weighted by molar-refractivity contribution is 5.88. The number of rotatable bonds is 4. The van der Waals surface area contributed by atoms with Gasteiger partial charge in [-0.2, -0.15) is 0 Å². The molecule has 0 saturated heterocycles. The Hall–Kier alpha value is -4.00. The second-order valence-corrected chi connectivity index (χ2v) is 6.46. The van der Waals surface area contributed by atoms with E-state index in [1.54, 1.807) is 50.8 Å². The van der Waals surface area contributed by atoms with Crippen LogP contribution in [0.25, 0.3) is 23.1 Å². The van der Waals surface area contributed by atoms with E-state index in [1.807, 2.05) is 24.3 Å². The first-order valence-corrected chi connectivity index (χ1v) is 8.92. The van der Waals surface area contributed by atoms with Crippen molar-refractivity contribution in [2.75, 3.05) is 14.2 Å². The summed E-state index contributed by atoms with van der Waals surface area (Å²) in [7, 11) is 3.09. The standard InChI is InChI=1S/C22H19N3O4/c1-28-15-7-13(8-16(11-15)29-2)9-19-21(26)25-20(22(27)24-19)10-14-12-23-18-6-4-3-5-17(14)18/h3-12,23H,1-2H3,(H,24,27)(H,25,26)/b19-9-,20-10+. The smallest absolute Gasteiger partial charge is 0.272 e. The molecule has 3 N–H and O–H groups in total. The Kier molecular flexibility index (Phi) is 4.78. The SMILES string of the molecule is COc1cc(/C=c2\[nH]c(=O)/c(=C\c3c[nH]c4ccccc34)[nH]c2=O)cc(OC)c1. The number of para-hydroxylation sites is 1. The van der Waals surface area contributed by atoms with E-state index in [0.717, 1.165) is 16.5 Å². The molecule has 2 heterocycles. The van der Waals surface area contributed by atoms with E-state index in [4.69, 9.17) is 9.47 Å². The van der Waals surface area contributed by atoms with Crippen molar-refractivity contribution in [2.24, 2.45) is 0 Å². The summed E-state index contributed by atoms with van der Waals surface area (Å²) < 4.78 is 10.5. The monoisotopic (exact) mass is 389 g/mol. The van der Waals surface area contributed by atoms with Gasteiger partial charge >= 0.3 is 0 Å². The van der Waals surface area contributed by atoms with Crippen molar-refractivity contribution in [3.05, 3.63) is 91.2 Å². The lowest BCUT2D eigenvalue weighted by Gasteiger charge is -2.05. The van der Waals surface area contributed by atoms with Crippen LogP contribution >= 0.6 is 0 Å². The Bertz CT molecular complexity index is 1400. The maximum atomic E-state index is 12.6. The van der Waals surface area contributed by atoms with E-state index >= 15 is 0 Å². The Labute approximate surface area is 165 Å². The van der Waals surface area contributed by atoms with Crippen LogP contribution in [0.1, 0.15) is 11.1 Å². The molecular weight excluding hydrogens is 370 g/mol. The van der Waals surface area contributed by atoms with Crippen molar-refractivity contribution in [3.63, 3.8) is 0 Å². The summed E-state index contributed by atoms with van der Waals surface area (Å²) >= 11 is 0. The second-order valence-electron chi connectivity index (χ2n) is 6.46. The summed E-state index contributed by atoms with van der Waals surface area (Å²) in [4.78, 5) is 33.6. The number of benzene rings is 2. The largest absolute Gasteiger partial charge is 0.497 e. The minimum Gasteiger partial charge on any atom is -0.497 e. The van der Waals surface area contributed by atoms with Gasteiger partial charge in [-0.3, -0.25) is 9.59 Å². The Morgan fingerprint density at radius 1 is 0.828 bits per heavy atom. The van der Waals surface area contributed by atoms with Gasteiger partial charge in [0.05, 0.1) is 14.2 Å². The first kappa shape index (κ1) is 18.4. The number of hydrogen-bond donors (Lipinski definition) is 3. The zero-order chi connectivity index (χ0) is 20.4. The fourth-order valence-electron chi connectivity index (χ4n) is 3.14. The van der Waals surface area contributed by atoms with Crippen molar-refractivity contribution in [1.29, 1.82) is 0 Å². The number of fused-ring (bicyclic) bond motifs is 1.